The molecule has 0 amide bonds. The summed E-state index contributed by atoms with van der Waals surface area (Å²) >= 11 is 0. The topological polar surface area (TPSA) is 3.24 Å². The van der Waals surface area contributed by atoms with E-state index in [-0.39, 0.29) is 5.41 Å². The molecule has 0 radical (unpaired) electrons. The summed E-state index contributed by atoms with van der Waals surface area (Å²) in [6, 6.07) is 74.4. The van der Waals surface area contributed by atoms with E-state index in [2.05, 4.69) is 226 Å². The number of hydrogen-bond donors (Lipinski definition) is 0. The van der Waals surface area contributed by atoms with Gasteiger partial charge in [-0.25, -0.2) is 0 Å². The molecule has 0 spiro atoms. The molecule has 0 unspecified atom stereocenters. The minimum atomic E-state index is -0.103. The van der Waals surface area contributed by atoms with Gasteiger partial charge in [0, 0.05) is 22.5 Å². The molecule has 11 rings (SSSR count). The summed E-state index contributed by atoms with van der Waals surface area (Å²) < 4.78 is 0. The lowest BCUT2D eigenvalue weighted by molar-refractivity contribution is 0.660. The first kappa shape index (κ1) is 36.1. The molecular formula is C59H47N. The molecule has 0 N–H and O–H groups in total. The van der Waals surface area contributed by atoms with E-state index in [9.17, 15) is 0 Å². The Morgan fingerprint density at radius 2 is 0.917 bits per heavy atom. The molecule has 1 fully saturated rings. The van der Waals surface area contributed by atoms with Gasteiger partial charge in [-0.1, -0.05) is 178 Å². The van der Waals surface area contributed by atoms with Crippen LogP contribution in [0, 0.1) is 6.92 Å². The van der Waals surface area contributed by atoms with Crippen LogP contribution in [0.1, 0.15) is 54.9 Å². The fraction of sp³-hybridized carbons (Fsp3) is 0.119. The third-order valence-electron chi connectivity index (χ3n) is 13.2. The van der Waals surface area contributed by atoms with E-state index < -0.39 is 0 Å². The van der Waals surface area contributed by atoms with Crippen LogP contribution in [0.3, 0.4) is 0 Å². The Morgan fingerprint density at radius 1 is 0.400 bits per heavy atom. The van der Waals surface area contributed by atoms with Gasteiger partial charge in [-0.3, -0.25) is 0 Å². The van der Waals surface area contributed by atoms with Crippen LogP contribution in [-0.2, 0) is 5.41 Å². The average molecular weight is 770 g/mol. The van der Waals surface area contributed by atoms with Crippen molar-refractivity contribution in [2.24, 2.45) is 0 Å². The molecule has 0 aromatic heterocycles. The maximum Gasteiger partial charge on any atom is 0.0465 e. The highest BCUT2D eigenvalue weighted by Gasteiger charge is 2.36. The lowest BCUT2D eigenvalue weighted by Crippen LogP contribution is -2.16. The van der Waals surface area contributed by atoms with Gasteiger partial charge in [-0.05, 0) is 151 Å². The molecule has 1 saturated carbocycles. The second-order valence-electron chi connectivity index (χ2n) is 17.3. The maximum absolute atomic E-state index is 2.44. The molecular weight excluding hydrogens is 723 g/mol. The zero-order chi connectivity index (χ0) is 40.4. The highest BCUT2D eigenvalue weighted by atomic mass is 15.1. The maximum atomic E-state index is 2.44. The third kappa shape index (κ3) is 6.08. The van der Waals surface area contributed by atoms with Crippen LogP contribution < -0.4 is 4.90 Å². The highest BCUT2D eigenvalue weighted by Crippen LogP contribution is 2.52. The summed E-state index contributed by atoms with van der Waals surface area (Å²) in [5, 5.41) is 2.52. The van der Waals surface area contributed by atoms with E-state index in [0.717, 1.165) is 17.1 Å². The van der Waals surface area contributed by atoms with Crippen molar-refractivity contribution < 1.29 is 0 Å². The Kier molecular flexibility index (Phi) is 8.67. The lowest BCUT2D eigenvalue weighted by Gasteiger charge is -2.28. The molecule has 0 bridgehead atoms. The van der Waals surface area contributed by atoms with Gasteiger partial charge in [0.2, 0.25) is 0 Å². The summed E-state index contributed by atoms with van der Waals surface area (Å²) in [5.74, 6) is 0.607. The quantitative estimate of drug-likeness (QED) is 0.149. The van der Waals surface area contributed by atoms with Gasteiger partial charge in [0.15, 0.2) is 0 Å². The van der Waals surface area contributed by atoms with Crippen molar-refractivity contribution in [1.29, 1.82) is 0 Å². The zero-order valence-electron chi connectivity index (χ0n) is 34.5. The van der Waals surface area contributed by atoms with E-state index in [1.54, 1.807) is 0 Å². The zero-order valence-corrected chi connectivity index (χ0v) is 34.5. The number of aryl methyl sites for hydroxylation is 1. The van der Waals surface area contributed by atoms with Gasteiger partial charge < -0.3 is 4.90 Å². The fourth-order valence-corrected chi connectivity index (χ4v) is 10.0. The largest absolute Gasteiger partial charge is 0.310 e. The monoisotopic (exact) mass is 769 g/mol. The molecule has 9 aromatic rings. The summed E-state index contributed by atoms with van der Waals surface area (Å²) in [5.41, 5.74) is 21.8. The Labute approximate surface area is 354 Å². The molecule has 2 aliphatic rings. The Balaban J connectivity index is 1.02. The molecule has 1 heteroatoms. The van der Waals surface area contributed by atoms with E-state index in [4.69, 9.17) is 0 Å². The Bertz CT molecular complexity index is 3070. The number of hydrogen-bond acceptors (Lipinski definition) is 1. The van der Waals surface area contributed by atoms with Crippen LogP contribution >= 0.6 is 0 Å². The normalized spacial score (nSPS) is 13.8. The van der Waals surface area contributed by atoms with Crippen LogP contribution in [0.25, 0.3) is 66.4 Å². The molecule has 1 nitrogen and oxygen atoms in total. The van der Waals surface area contributed by atoms with Gasteiger partial charge in [0.1, 0.15) is 0 Å². The van der Waals surface area contributed by atoms with Crippen molar-refractivity contribution in [1.82, 2.24) is 0 Å². The summed E-state index contributed by atoms with van der Waals surface area (Å²) in [4.78, 5) is 2.44. The van der Waals surface area contributed by atoms with Crippen LogP contribution in [-0.4, -0.2) is 0 Å². The predicted molar refractivity (Wildman–Crippen MR) is 255 cm³/mol. The summed E-state index contributed by atoms with van der Waals surface area (Å²) in [6.07, 6.45) is 2.51. The van der Waals surface area contributed by atoms with Crippen LogP contribution in [0.4, 0.5) is 17.1 Å². The first-order valence-electron chi connectivity index (χ1n) is 21.5. The third-order valence-corrected chi connectivity index (χ3v) is 13.2. The average Bonchev–Trinajstić information content (AvgIpc) is 4.12. The predicted octanol–water partition coefficient (Wildman–Crippen LogP) is 16.5. The summed E-state index contributed by atoms with van der Waals surface area (Å²) in [6.45, 7) is 6.97. The second-order valence-corrected chi connectivity index (χ2v) is 17.3. The van der Waals surface area contributed by atoms with Gasteiger partial charge in [-0.2, -0.15) is 0 Å². The number of anilines is 3. The van der Waals surface area contributed by atoms with Crippen molar-refractivity contribution in [2.75, 3.05) is 4.90 Å². The van der Waals surface area contributed by atoms with E-state index >= 15 is 0 Å². The molecule has 0 heterocycles. The van der Waals surface area contributed by atoms with E-state index in [0.29, 0.717) is 5.92 Å². The first-order chi connectivity index (χ1) is 29.4. The number of benzene rings is 9. The number of rotatable bonds is 8. The van der Waals surface area contributed by atoms with E-state index in [1.165, 1.54) is 102 Å². The molecule has 9 aromatic carbocycles. The second kappa shape index (κ2) is 14.4. The minimum Gasteiger partial charge on any atom is -0.310 e. The van der Waals surface area contributed by atoms with Crippen molar-refractivity contribution in [3.63, 3.8) is 0 Å². The van der Waals surface area contributed by atoms with Gasteiger partial charge in [0.05, 0.1) is 0 Å². The molecule has 2 aliphatic carbocycles. The van der Waals surface area contributed by atoms with Crippen molar-refractivity contribution in [3.8, 4) is 55.6 Å². The van der Waals surface area contributed by atoms with Crippen molar-refractivity contribution in [2.45, 2.75) is 44.9 Å². The Morgan fingerprint density at radius 3 is 1.65 bits per heavy atom. The molecule has 0 aliphatic heterocycles. The summed E-state index contributed by atoms with van der Waals surface area (Å²) in [7, 11) is 0. The van der Waals surface area contributed by atoms with Gasteiger partial charge in [-0.15, -0.1) is 0 Å². The number of nitrogens with zero attached hydrogens (tertiary/aromatic N) is 1. The van der Waals surface area contributed by atoms with Gasteiger partial charge in [0.25, 0.3) is 0 Å². The van der Waals surface area contributed by atoms with Crippen LogP contribution in [0.15, 0.2) is 200 Å². The van der Waals surface area contributed by atoms with Crippen LogP contribution in [0.5, 0.6) is 0 Å². The Hall–Kier alpha value is -6.96. The van der Waals surface area contributed by atoms with Crippen molar-refractivity contribution >= 4 is 27.8 Å². The highest BCUT2D eigenvalue weighted by molar-refractivity contribution is 6.00. The minimum absolute atomic E-state index is 0.103. The smallest absolute Gasteiger partial charge is 0.0465 e. The molecule has 60 heavy (non-hydrogen) atoms. The van der Waals surface area contributed by atoms with Gasteiger partial charge >= 0.3 is 0 Å². The number of fused-ring (bicyclic) bond motifs is 4. The SMILES string of the molecule is Cc1ccccc1-c1cccc(-c2ccc(N(c3ccc(-c4ccccc4-c4cccc5ccccc45)cc3)c3ccc4c(c3)C(C)(C)c3ccccc3-4)cc2)c1C1CC1. The van der Waals surface area contributed by atoms with Crippen molar-refractivity contribution in [3.05, 3.63) is 222 Å². The lowest BCUT2D eigenvalue weighted by atomic mass is 9.82. The van der Waals surface area contributed by atoms with Crippen LogP contribution in [0.2, 0.25) is 0 Å². The fourth-order valence-electron chi connectivity index (χ4n) is 10.0. The molecule has 0 atom stereocenters. The molecule has 0 saturated heterocycles. The standard InChI is InChI=1S/C59H47N/c1-39-14-4-6-17-47(39)55-24-13-22-50(58(55)43-26-27-43)42-30-34-45(35-31-42)60(46-36-37-54-53-21-10-11-25-56(53)59(2,3)57(54)38-46)44-32-28-41(29-33-44)49-19-8-9-20-51(49)52-23-12-16-40-15-5-7-18-48(40)52/h4-25,28-38,43H,26-27H2,1-3H3. The van der Waals surface area contributed by atoms with E-state index in [1.807, 2.05) is 0 Å². The molecule has 288 valence electrons. The first-order valence-corrected chi connectivity index (χ1v) is 21.5.